The van der Waals surface area contributed by atoms with Crippen LogP contribution < -0.4 is 10.5 Å². The molecule has 2 heterocycles. The van der Waals surface area contributed by atoms with Gasteiger partial charge in [0.05, 0.1) is 12.2 Å². The molecule has 0 saturated heterocycles. The highest BCUT2D eigenvalue weighted by Crippen LogP contribution is 2.17. The largest absolute Gasteiger partial charge is 0.366 e. The summed E-state index contributed by atoms with van der Waals surface area (Å²) in [6.07, 6.45) is 0. The van der Waals surface area contributed by atoms with Crippen LogP contribution in [0.4, 0.5) is 10.1 Å². The van der Waals surface area contributed by atoms with E-state index in [9.17, 15) is 9.18 Å². The first-order chi connectivity index (χ1) is 10.6. The van der Waals surface area contributed by atoms with Crippen LogP contribution in [0.5, 0.6) is 0 Å². The Morgan fingerprint density at radius 1 is 1.32 bits per heavy atom. The van der Waals surface area contributed by atoms with E-state index in [4.69, 9.17) is 0 Å². The highest BCUT2D eigenvalue weighted by molar-refractivity contribution is 7.16. The van der Waals surface area contributed by atoms with Crippen molar-refractivity contribution in [3.63, 3.8) is 0 Å². The van der Waals surface area contributed by atoms with E-state index in [2.05, 4.69) is 10.1 Å². The molecule has 3 rings (SSSR count). The van der Waals surface area contributed by atoms with Crippen LogP contribution in [0, 0.1) is 12.7 Å². The summed E-state index contributed by atoms with van der Waals surface area (Å²) in [4.78, 5) is 19.2. The maximum absolute atomic E-state index is 13.0. The molecule has 0 fully saturated rings. The van der Waals surface area contributed by atoms with Crippen LogP contribution in [-0.4, -0.2) is 21.1 Å². The van der Waals surface area contributed by atoms with E-state index in [1.165, 1.54) is 34.1 Å². The summed E-state index contributed by atoms with van der Waals surface area (Å²) in [6, 6.07) is 7.80. The van der Waals surface area contributed by atoms with E-state index in [1.807, 2.05) is 18.7 Å². The Morgan fingerprint density at radius 2 is 2.05 bits per heavy atom. The SMILES string of the molecule is CCN(Cc1cc(=O)n2nc(C)sc2n1)c1ccc(F)cc1. The highest BCUT2D eigenvalue weighted by atomic mass is 32.1. The van der Waals surface area contributed by atoms with Gasteiger partial charge in [0, 0.05) is 18.3 Å². The van der Waals surface area contributed by atoms with Gasteiger partial charge in [0.25, 0.3) is 5.56 Å². The molecule has 0 atom stereocenters. The topological polar surface area (TPSA) is 50.5 Å². The quantitative estimate of drug-likeness (QED) is 0.742. The lowest BCUT2D eigenvalue weighted by molar-refractivity contribution is 0.627. The Kier molecular flexibility index (Phi) is 3.89. The minimum atomic E-state index is -0.266. The summed E-state index contributed by atoms with van der Waals surface area (Å²) in [5, 5.41) is 4.92. The zero-order valence-electron chi connectivity index (χ0n) is 12.3. The van der Waals surface area contributed by atoms with Crippen molar-refractivity contribution in [1.29, 1.82) is 0 Å². The van der Waals surface area contributed by atoms with Crippen molar-refractivity contribution in [3.8, 4) is 0 Å². The zero-order valence-corrected chi connectivity index (χ0v) is 13.1. The fourth-order valence-electron chi connectivity index (χ4n) is 2.27. The van der Waals surface area contributed by atoms with Gasteiger partial charge in [-0.25, -0.2) is 9.37 Å². The molecule has 0 N–H and O–H groups in total. The molecule has 0 bridgehead atoms. The molecule has 0 spiro atoms. The van der Waals surface area contributed by atoms with Gasteiger partial charge in [-0.2, -0.15) is 9.61 Å². The average molecular weight is 318 g/mol. The summed E-state index contributed by atoms with van der Waals surface area (Å²) in [5.74, 6) is -0.266. The van der Waals surface area contributed by atoms with Gasteiger partial charge < -0.3 is 4.90 Å². The first kappa shape index (κ1) is 14.6. The van der Waals surface area contributed by atoms with Gasteiger partial charge in [-0.15, -0.1) is 0 Å². The molecule has 0 aliphatic heterocycles. The molecule has 0 saturated carbocycles. The normalized spacial score (nSPS) is 11.0. The second kappa shape index (κ2) is 5.84. The van der Waals surface area contributed by atoms with Gasteiger partial charge in [-0.1, -0.05) is 11.3 Å². The average Bonchev–Trinajstić information content (AvgIpc) is 2.87. The number of hydrogen-bond donors (Lipinski definition) is 0. The summed E-state index contributed by atoms with van der Waals surface area (Å²) < 4.78 is 14.3. The van der Waals surface area contributed by atoms with Crippen LogP contribution in [0.3, 0.4) is 0 Å². The van der Waals surface area contributed by atoms with Crippen LogP contribution in [0.2, 0.25) is 0 Å². The third-order valence-corrected chi connectivity index (χ3v) is 4.15. The lowest BCUT2D eigenvalue weighted by Crippen LogP contribution is -2.24. The van der Waals surface area contributed by atoms with Gasteiger partial charge in [-0.3, -0.25) is 4.79 Å². The van der Waals surface area contributed by atoms with Gasteiger partial charge >= 0.3 is 0 Å². The smallest absolute Gasteiger partial charge is 0.275 e. The van der Waals surface area contributed by atoms with Crippen LogP contribution >= 0.6 is 11.3 Å². The second-order valence-corrected chi connectivity index (χ2v) is 6.05. The number of rotatable bonds is 4. The van der Waals surface area contributed by atoms with Gasteiger partial charge in [-0.05, 0) is 38.1 Å². The highest BCUT2D eigenvalue weighted by Gasteiger charge is 2.11. The molecule has 0 amide bonds. The van der Waals surface area contributed by atoms with Crippen LogP contribution in [0.1, 0.15) is 17.6 Å². The molecule has 0 unspecified atom stereocenters. The summed E-state index contributed by atoms with van der Waals surface area (Å²) in [6.45, 7) is 5.07. The van der Waals surface area contributed by atoms with Gasteiger partial charge in [0.15, 0.2) is 0 Å². The molecule has 0 radical (unpaired) electrons. The van der Waals surface area contributed by atoms with E-state index in [0.717, 1.165) is 17.2 Å². The molecule has 0 aliphatic carbocycles. The lowest BCUT2D eigenvalue weighted by atomic mass is 10.2. The van der Waals surface area contributed by atoms with E-state index < -0.39 is 0 Å². The first-order valence-corrected chi connectivity index (χ1v) is 7.75. The first-order valence-electron chi connectivity index (χ1n) is 6.93. The second-order valence-electron chi connectivity index (χ2n) is 4.89. The minimum Gasteiger partial charge on any atom is -0.366 e. The summed E-state index contributed by atoms with van der Waals surface area (Å²) in [5.41, 5.74) is 1.39. The number of hydrogen-bond acceptors (Lipinski definition) is 5. The van der Waals surface area contributed by atoms with Gasteiger partial charge in [0.2, 0.25) is 4.96 Å². The van der Waals surface area contributed by atoms with Crippen molar-refractivity contribution >= 4 is 22.0 Å². The van der Waals surface area contributed by atoms with Crippen LogP contribution in [0.15, 0.2) is 35.1 Å². The van der Waals surface area contributed by atoms with E-state index in [1.54, 1.807) is 12.1 Å². The van der Waals surface area contributed by atoms with Crippen LogP contribution in [-0.2, 0) is 6.54 Å². The number of nitrogens with zero attached hydrogens (tertiary/aromatic N) is 4. The van der Waals surface area contributed by atoms with E-state index in [0.29, 0.717) is 17.2 Å². The van der Waals surface area contributed by atoms with Crippen LogP contribution in [0.25, 0.3) is 4.96 Å². The zero-order chi connectivity index (χ0) is 15.7. The maximum atomic E-state index is 13.0. The minimum absolute atomic E-state index is 0.181. The summed E-state index contributed by atoms with van der Waals surface area (Å²) >= 11 is 1.39. The number of aromatic nitrogens is 3. The third kappa shape index (κ3) is 2.85. The van der Waals surface area contributed by atoms with Crippen molar-refractivity contribution in [1.82, 2.24) is 14.6 Å². The molecule has 7 heteroatoms. The Labute approximate surface area is 130 Å². The number of anilines is 1. The number of benzene rings is 1. The maximum Gasteiger partial charge on any atom is 0.275 e. The Balaban J connectivity index is 1.93. The standard InChI is InChI=1S/C15H15FN4OS/c1-3-19(13-6-4-11(16)5-7-13)9-12-8-14(21)20-15(17-12)22-10(2)18-20/h4-8H,3,9H2,1-2H3. The molecular formula is C15H15FN4OS. The molecule has 3 aromatic rings. The van der Waals surface area contributed by atoms with E-state index in [-0.39, 0.29) is 11.4 Å². The molecule has 5 nitrogen and oxygen atoms in total. The lowest BCUT2D eigenvalue weighted by Gasteiger charge is -2.22. The van der Waals surface area contributed by atoms with Crippen molar-refractivity contribution in [2.45, 2.75) is 20.4 Å². The molecule has 2 aromatic heterocycles. The Morgan fingerprint density at radius 3 is 2.73 bits per heavy atom. The molecule has 114 valence electrons. The molecule has 22 heavy (non-hydrogen) atoms. The number of halogens is 1. The predicted octanol–water partition coefficient (Wildman–Crippen LogP) is 2.63. The summed E-state index contributed by atoms with van der Waals surface area (Å²) in [7, 11) is 0. The van der Waals surface area contributed by atoms with Gasteiger partial charge in [0.1, 0.15) is 10.8 Å². The van der Waals surface area contributed by atoms with Crippen molar-refractivity contribution in [2.24, 2.45) is 0 Å². The monoisotopic (exact) mass is 318 g/mol. The Hall–Kier alpha value is -2.28. The fourth-order valence-corrected chi connectivity index (χ4v) is 3.03. The number of aryl methyl sites for hydroxylation is 1. The fraction of sp³-hybridized carbons (Fsp3) is 0.267. The molecular weight excluding hydrogens is 303 g/mol. The molecule has 1 aromatic carbocycles. The van der Waals surface area contributed by atoms with Crippen molar-refractivity contribution in [3.05, 3.63) is 57.2 Å². The van der Waals surface area contributed by atoms with Crippen molar-refractivity contribution in [2.75, 3.05) is 11.4 Å². The van der Waals surface area contributed by atoms with E-state index >= 15 is 0 Å². The molecule has 0 aliphatic rings. The number of fused-ring (bicyclic) bond motifs is 1. The predicted molar refractivity (Wildman–Crippen MR) is 85.0 cm³/mol. The Bertz CT molecular complexity index is 856. The third-order valence-electron chi connectivity index (χ3n) is 3.33. The van der Waals surface area contributed by atoms with Crippen molar-refractivity contribution < 1.29 is 4.39 Å².